The van der Waals surface area contributed by atoms with Crippen molar-refractivity contribution >= 4 is 0 Å². The Balaban J connectivity index is 2.90. The largest absolute Gasteiger partial charge is 0.492 e. The van der Waals surface area contributed by atoms with E-state index in [0.29, 0.717) is 19.1 Å². The first-order chi connectivity index (χ1) is 6.29. The summed E-state index contributed by atoms with van der Waals surface area (Å²) in [6, 6.07) is 1.96. The third kappa shape index (κ3) is 2.42. The quantitative estimate of drug-likeness (QED) is 0.764. The lowest BCUT2D eigenvalue weighted by Crippen LogP contribution is -2.10. The first kappa shape index (κ1) is 9.99. The van der Waals surface area contributed by atoms with Crippen LogP contribution in [0.5, 0.6) is 5.75 Å². The standard InChI is InChI=1S/C10H16N2O/c1-3-13-10-7-12-5-4-9(10)8(2)6-11/h4-5,7-8H,3,6,11H2,1-2H3. The van der Waals surface area contributed by atoms with Gasteiger partial charge in [0.05, 0.1) is 12.8 Å². The van der Waals surface area contributed by atoms with E-state index in [4.69, 9.17) is 10.5 Å². The van der Waals surface area contributed by atoms with Crippen molar-refractivity contribution in [3.05, 3.63) is 24.0 Å². The summed E-state index contributed by atoms with van der Waals surface area (Å²) in [5.74, 6) is 1.17. The zero-order valence-electron chi connectivity index (χ0n) is 8.16. The highest BCUT2D eigenvalue weighted by atomic mass is 16.5. The van der Waals surface area contributed by atoms with Gasteiger partial charge in [0.1, 0.15) is 5.75 Å². The molecule has 0 aromatic carbocycles. The van der Waals surface area contributed by atoms with Gasteiger partial charge >= 0.3 is 0 Å². The Hall–Kier alpha value is -1.09. The number of ether oxygens (including phenoxy) is 1. The molecular weight excluding hydrogens is 164 g/mol. The lowest BCUT2D eigenvalue weighted by molar-refractivity contribution is 0.333. The maximum absolute atomic E-state index is 5.59. The van der Waals surface area contributed by atoms with Crippen molar-refractivity contribution < 1.29 is 4.74 Å². The van der Waals surface area contributed by atoms with Crippen LogP contribution in [0.4, 0.5) is 0 Å². The Morgan fingerprint density at radius 2 is 2.38 bits per heavy atom. The Morgan fingerprint density at radius 3 is 3.00 bits per heavy atom. The number of hydrogen-bond donors (Lipinski definition) is 1. The monoisotopic (exact) mass is 180 g/mol. The van der Waals surface area contributed by atoms with E-state index in [1.54, 1.807) is 12.4 Å². The second-order valence-corrected chi connectivity index (χ2v) is 2.98. The molecule has 2 N–H and O–H groups in total. The van der Waals surface area contributed by atoms with Crippen molar-refractivity contribution in [2.75, 3.05) is 13.2 Å². The summed E-state index contributed by atoms with van der Waals surface area (Å²) in [5.41, 5.74) is 6.73. The van der Waals surface area contributed by atoms with E-state index >= 15 is 0 Å². The number of pyridine rings is 1. The summed E-state index contributed by atoms with van der Waals surface area (Å²) in [5, 5.41) is 0. The van der Waals surface area contributed by atoms with Crippen LogP contribution in [0.2, 0.25) is 0 Å². The molecule has 0 amide bonds. The highest BCUT2D eigenvalue weighted by Crippen LogP contribution is 2.24. The van der Waals surface area contributed by atoms with Gasteiger partial charge in [-0.2, -0.15) is 0 Å². The summed E-state index contributed by atoms with van der Waals surface area (Å²) in [7, 11) is 0. The molecule has 0 aliphatic rings. The van der Waals surface area contributed by atoms with E-state index in [-0.39, 0.29) is 0 Å². The lowest BCUT2D eigenvalue weighted by Gasteiger charge is -2.13. The van der Waals surface area contributed by atoms with E-state index < -0.39 is 0 Å². The molecule has 1 aromatic rings. The summed E-state index contributed by atoms with van der Waals surface area (Å²) < 4.78 is 5.44. The average molecular weight is 180 g/mol. The molecule has 3 heteroatoms. The number of hydrogen-bond acceptors (Lipinski definition) is 3. The van der Waals surface area contributed by atoms with E-state index in [1.165, 1.54) is 0 Å². The Labute approximate surface area is 78.9 Å². The molecule has 13 heavy (non-hydrogen) atoms. The van der Waals surface area contributed by atoms with E-state index in [1.807, 2.05) is 13.0 Å². The van der Waals surface area contributed by atoms with Gasteiger partial charge in [-0.3, -0.25) is 4.98 Å². The fourth-order valence-electron chi connectivity index (χ4n) is 1.20. The van der Waals surface area contributed by atoms with E-state index in [9.17, 15) is 0 Å². The van der Waals surface area contributed by atoms with Gasteiger partial charge in [0.2, 0.25) is 0 Å². The molecule has 1 rings (SSSR count). The number of aromatic nitrogens is 1. The smallest absolute Gasteiger partial charge is 0.141 e. The molecule has 0 fully saturated rings. The Bertz CT molecular complexity index is 263. The topological polar surface area (TPSA) is 48.1 Å². The summed E-state index contributed by atoms with van der Waals surface area (Å²) in [6.45, 7) is 5.34. The van der Waals surface area contributed by atoms with Crippen molar-refractivity contribution in [2.45, 2.75) is 19.8 Å². The van der Waals surface area contributed by atoms with Crippen molar-refractivity contribution in [3.63, 3.8) is 0 Å². The normalized spacial score (nSPS) is 12.5. The van der Waals surface area contributed by atoms with Crippen LogP contribution in [0.3, 0.4) is 0 Å². The molecule has 0 spiro atoms. The van der Waals surface area contributed by atoms with Gasteiger partial charge in [0, 0.05) is 11.8 Å². The fraction of sp³-hybridized carbons (Fsp3) is 0.500. The summed E-state index contributed by atoms with van der Waals surface area (Å²) >= 11 is 0. The van der Waals surface area contributed by atoms with Crippen LogP contribution in [-0.4, -0.2) is 18.1 Å². The second-order valence-electron chi connectivity index (χ2n) is 2.98. The molecule has 3 nitrogen and oxygen atoms in total. The van der Waals surface area contributed by atoms with Crippen LogP contribution < -0.4 is 10.5 Å². The maximum Gasteiger partial charge on any atom is 0.141 e. The average Bonchev–Trinajstić information content (AvgIpc) is 2.18. The highest BCUT2D eigenvalue weighted by molar-refractivity contribution is 5.32. The first-order valence-electron chi connectivity index (χ1n) is 4.56. The van der Waals surface area contributed by atoms with Gasteiger partial charge in [-0.1, -0.05) is 6.92 Å². The minimum absolute atomic E-state index is 0.324. The minimum atomic E-state index is 0.324. The van der Waals surface area contributed by atoms with Gasteiger partial charge in [-0.25, -0.2) is 0 Å². The van der Waals surface area contributed by atoms with Crippen molar-refractivity contribution in [2.24, 2.45) is 5.73 Å². The Kier molecular flexibility index (Phi) is 3.71. The predicted octanol–water partition coefficient (Wildman–Crippen LogP) is 1.54. The van der Waals surface area contributed by atoms with Crippen LogP contribution in [0.25, 0.3) is 0 Å². The zero-order chi connectivity index (χ0) is 9.68. The van der Waals surface area contributed by atoms with Crippen molar-refractivity contribution in [1.82, 2.24) is 4.98 Å². The molecule has 72 valence electrons. The second kappa shape index (κ2) is 4.82. The Morgan fingerprint density at radius 1 is 1.62 bits per heavy atom. The molecule has 0 saturated heterocycles. The van der Waals surface area contributed by atoms with Crippen LogP contribution in [-0.2, 0) is 0 Å². The first-order valence-corrected chi connectivity index (χ1v) is 4.56. The van der Waals surface area contributed by atoms with Gasteiger partial charge in [0.25, 0.3) is 0 Å². The molecule has 1 heterocycles. The molecule has 1 unspecified atom stereocenters. The van der Waals surface area contributed by atoms with E-state index in [0.717, 1.165) is 11.3 Å². The molecular formula is C10H16N2O. The third-order valence-electron chi connectivity index (χ3n) is 2.00. The summed E-state index contributed by atoms with van der Waals surface area (Å²) in [6.07, 6.45) is 3.51. The van der Waals surface area contributed by atoms with Crippen molar-refractivity contribution in [1.29, 1.82) is 0 Å². The number of nitrogens with zero attached hydrogens (tertiary/aromatic N) is 1. The predicted molar refractivity (Wildman–Crippen MR) is 52.9 cm³/mol. The van der Waals surface area contributed by atoms with Crippen LogP contribution in [0.15, 0.2) is 18.5 Å². The van der Waals surface area contributed by atoms with Gasteiger partial charge in [0.15, 0.2) is 0 Å². The van der Waals surface area contributed by atoms with Gasteiger partial charge in [-0.05, 0) is 25.5 Å². The summed E-state index contributed by atoms with van der Waals surface area (Å²) in [4.78, 5) is 4.01. The van der Waals surface area contributed by atoms with Crippen LogP contribution in [0.1, 0.15) is 25.3 Å². The maximum atomic E-state index is 5.59. The number of rotatable bonds is 4. The molecule has 1 atom stereocenters. The van der Waals surface area contributed by atoms with Gasteiger partial charge < -0.3 is 10.5 Å². The molecule has 0 radical (unpaired) electrons. The van der Waals surface area contributed by atoms with Crippen molar-refractivity contribution in [3.8, 4) is 5.75 Å². The SMILES string of the molecule is CCOc1cnccc1C(C)CN. The highest BCUT2D eigenvalue weighted by Gasteiger charge is 2.09. The third-order valence-corrected chi connectivity index (χ3v) is 2.00. The van der Waals surface area contributed by atoms with Crippen LogP contribution >= 0.6 is 0 Å². The number of nitrogens with two attached hydrogens (primary N) is 1. The fourth-order valence-corrected chi connectivity index (χ4v) is 1.20. The van der Waals surface area contributed by atoms with Gasteiger partial charge in [-0.15, -0.1) is 0 Å². The molecule has 0 aliphatic carbocycles. The van der Waals surface area contributed by atoms with E-state index in [2.05, 4.69) is 11.9 Å². The molecule has 0 saturated carbocycles. The zero-order valence-corrected chi connectivity index (χ0v) is 8.16. The molecule has 0 aliphatic heterocycles. The molecule has 1 aromatic heterocycles. The van der Waals surface area contributed by atoms with Crippen LogP contribution in [0, 0.1) is 0 Å². The minimum Gasteiger partial charge on any atom is -0.492 e. The lowest BCUT2D eigenvalue weighted by atomic mass is 10.0. The molecule has 0 bridgehead atoms.